The van der Waals surface area contributed by atoms with Crippen molar-refractivity contribution in [3.8, 4) is 0 Å². The smallest absolute Gasteiger partial charge is 0.329 e. The second-order valence-corrected chi connectivity index (χ2v) is 7.38. The van der Waals surface area contributed by atoms with E-state index in [1.54, 1.807) is 9.13 Å². The lowest BCUT2D eigenvalue weighted by Gasteiger charge is -2.17. The summed E-state index contributed by atoms with van der Waals surface area (Å²) in [6.45, 7) is 5.29. The average Bonchev–Trinajstić information content (AvgIpc) is 3.25. The lowest BCUT2D eigenvalue weighted by atomic mass is 10.2. The Morgan fingerprint density at radius 2 is 1.71 bits per heavy atom. The predicted molar refractivity (Wildman–Crippen MR) is 110 cm³/mol. The van der Waals surface area contributed by atoms with Crippen molar-refractivity contribution in [2.45, 2.75) is 39.0 Å². The molecular weight excluding hydrogens is 352 g/mol. The van der Waals surface area contributed by atoms with Gasteiger partial charge >= 0.3 is 5.69 Å². The average molecular weight is 378 g/mol. The number of fused-ring (bicyclic) bond motifs is 1. The molecule has 0 bridgehead atoms. The Bertz CT molecular complexity index is 1020. The molecule has 1 atom stereocenters. The van der Waals surface area contributed by atoms with Crippen molar-refractivity contribution < 1.29 is 4.79 Å². The van der Waals surface area contributed by atoms with Crippen LogP contribution in [0.4, 0.5) is 0 Å². The first-order valence-electron chi connectivity index (χ1n) is 9.89. The maximum Gasteiger partial charge on any atom is 0.329 e. The third-order valence-corrected chi connectivity index (χ3v) is 5.43. The summed E-state index contributed by atoms with van der Waals surface area (Å²) in [4.78, 5) is 27.7. The number of aryl methyl sites for hydroxylation is 1. The lowest BCUT2D eigenvalue weighted by Crippen LogP contribution is -2.40. The highest BCUT2D eigenvalue weighted by Gasteiger charge is 2.24. The number of carbonyl (C=O) groups excluding carboxylic acids is 1. The van der Waals surface area contributed by atoms with Gasteiger partial charge in [-0.2, -0.15) is 0 Å². The first-order chi connectivity index (χ1) is 13.7. The number of imidazole rings is 1. The molecule has 1 aliphatic heterocycles. The van der Waals surface area contributed by atoms with Gasteiger partial charge in [-0.15, -0.1) is 0 Å². The maximum absolute atomic E-state index is 12.7. The van der Waals surface area contributed by atoms with Crippen LogP contribution in [0.5, 0.6) is 0 Å². The van der Waals surface area contributed by atoms with Crippen LogP contribution in [0.1, 0.15) is 18.9 Å². The summed E-state index contributed by atoms with van der Waals surface area (Å²) in [6.07, 6.45) is 0.935. The van der Waals surface area contributed by atoms with Crippen molar-refractivity contribution in [3.63, 3.8) is 0 Å². The van der Waals surface area contributed by atoms with Gasteiger partial charge in [-0.05, 0) is 31.0 Å². The number of nitrogens with zero attached hydrogens (tertiary/aromatic N) is 3. The highest BCUT2D eigenvalue weighted by atomic mass is 16.2. The van der Waals surface area contributed by atoms with Crippen LogP contribution in [0.2, 0.25) is 0 Å². The molecule has 1 unspecified atom stereocenters. The Morgan fingerprint density at radius 3 is 2.43 bits per heavy atom. The van der Waals surface area contributed by atoms with E-state index in [9.17, 15) is 9.59 Å². The van der Waals surface area contributed by atoms with Crippen LogP contribution < -0.4 is 11.0 Å². The summed E-state index contributed by atoms with van der Waals surface area (Å²) in [5.74, 6) is -0.104. The molecule has 6 heteroatoms. The van der Waals surface area contributed by atoms with Gasteiger partial charge in [-0.3, -0.25) is 18.8 Å². The number of carbonyl (C=O) groups is 1. The van der Waals surface area contributed by atoms with Gasteiger partial charge in [-0.1, -0.05) is 42.5 Å². The molecule has 1 N–H and O–H groups in total. The Balaban J connectivity index is 1.40. The number of rotatable bonds is 6. The standard InChI is InChI=1S/C22H26N4O2/c1-2-25-19-10-6-7-11-20(19)26(22(25)28)16-21(27)23-18-12-13-24(15-18)14-17-8-4-3-5-9-17/h3-11,18H,2,12-16H2,1H3,(H,23,27). The number of benzene rings is 2. The normalized spacial score (nSPS) is 17.2. The molecule has 0 radical (unpaired) electrons. The molecule has 2 heterocycles. The van der Waals surface area contributed by atoms with Gasteiger partial charge in [0.1, 0.15) is 6.54 Å². The minimum absolute atomic E-state index is 0.0571. The summed E-state index contributed by atoms with van der Waals surface area (Å²) < 4.78 is 3.28. The summed E-state index contributed by atoms with van der Waals surface area (Å²) in [5, 5.41) is 3.11. The third-order valence-electron chi connectivity index (χ3n) is 5.43. The topological polar surface area (TPSA) is 59.3 Å². The summed E-state index contributed by atoms with van der Waals surface area (Å²) in [6, 6.07) is 18.1. The van der Waals surface area contributed by atoms with Gasteiger partial charge in [-0.25, -0.2) is 4.79 Å². The van der Waals surface area contributed by atoms with Crippen LogP contribution >= 0.6 is 0 Å². The van der Waals surface area contributed by atoms with Crippen molar-refractivity contribution in [2.75, 3.05) is 13.1 Å². The summed E-state index contributed by atoms with van der Waals surface area (Å²) >= 11 is 0. The zero-order valence-electron chi connectivity index (χ0n) is 16.2. The molecule has 146 valence electrons. The van der Waals surface area contributed by atoms with Crippen LogP contribution in [-0.4, -0.2) is 39.1 Å². The van der Waals surface area contributed by atoms with E-state index in [2.05, 4.69) is 34.5 Å². The second-order valence-electron chi connectivity index (χ2n) is 7.38. The highest BCUT2D eigenvalue weighted by Crippen LogP contribution is 2.15. The summed E-state index contributed by atoms with van der Waals surface area (Å²) in [7, 11) is 0. The van der Waals surface area contributed by atoms with E-state index in [-0.39, 0.29) is 24.2 Å². The largest absolute Gasteiger partial charge is 0.350 e. The third kappa shape index (κ3) is 3.73. The van der Waals surface area contributed by atoms with E-state index in [1.807, 2.05) is 37.3 Å². The van der Waals surface area contributed by atoms with Gasteiger partial charge in [0, 0.05) is 32.2 Å². The first-order valence-corrected chi connectivity index (χ1v) is 9.89. The fraction of sp³-hybridized carbons (Fsp3) is 0.364. The minimum Gasteiger partial charge on any atom is -0.350 e. The number of nitrogens with one attached hydrogen (secondary N) is 1. The van der Waals surface area contributed by atoms with Crippen LogP contribution in [-0.2, 0) is 24.4 Å². The van der Waals surface area contributed by atoms with E-state index in [0.717, 1.165) is 37.1 Å². The van der Waals surface area contributed by atoms with Gasteiger partial charge in [0.25, 0.3) is 0 Å². The Hall–Kier alpha value is -2.86. The monoisotopic (exact) mass is 378 g/mol. The maximum atomic E-state index is 12.7. The molecule has 28 heavy (non-hydrogen) atoms. The fourth-order valence-electron chi connectivity index (χ4n) is 4.08. The van der Waals surface area contributed by atoms with E-state index in [4.69, 9.17) is 0 Å². The molecular formula is C22H26N4O2. The minimum atomic E-state index is -0.129. The number of hydrogen-bond donors (Lipinski definition) is 1. The van der Waals surface area contributed by atoms with Gasteiger partial charge < -0.3 is 5.32 Å². The molecule has 1 aromatic heterocycles. The van der Waals surface area contributed by atoms with Crippen molar-refractivity contribution in [1.82, 2.24) is 19.4 Å². The molecule has 0 aliphatic carbocycles. The van der Waals surface area contributed by atoms with E-state index < -0.39 is 0 Å². The molecule has 0 saturated carbocycles. The van der Waals surface area contributed by atoms with Crippen LogP contribution in [0, 0.1) is 0 Å². The highest BCUT2D eigenvalue weighted by molar-refractivity contribution is 5.81. The van der Waals surface area contributed by atoms with E-state index in [1.165, 1.54) is 5.56 Å². The van der Waals surface area contributed by atoms with Crippen LogP contribution in [0.3, 0.4) is 0 Å². The Labute approximate surface area is 164 Å². The fourth-order valence-corrected chi connectivity index (χ4v) is 4.08. The van der Waals surface area contributed by atoms with Gasteiger partial charge in [0.05, 0.1) is 11.0 Å². The van der Waals surface area contributed by atoms with Gasteiger partial charge in [0.15, 0.2) is 0 Å². The zero-order valence-corrected chi connectivity index (χ0v) is 16.2. The Kier molecular flexibility index (Phi) is 5.30. The molecule has 3 aromatic rings. The molecule has 1 saturated heterocycles. The number of aromatic nitrogens is 2. The van der Waals surface area contributed by atoms with Gasteiger partial charge in [0.2, 0.25) is 5.91 Å². The van der Waals surface area contributed by atoms with Crippen molar-refractivity contribution in [3.05, 3.63) is 70.6 Å². The molecule has 6 nitrogen and oxygen atoms in total. The summed E-state index contributed by atoms with van der Waals surface area (Å²) in [5.41, 5.74) is 2.84. The molecule has 2 aromatic carbocycles. The van der Waals surface area contributed by atoms with Crippen molar-refractivity contribution >= 4 is 16.9 Å². The second kappa shape index (κ2) is 8.02. The number of amides is 1. The van der Waals surface area contributed by atoms with Crippen molar-refractivity contribution in [1.29, 1.82) is 0 Å². The van der Waals surface area contributed by atoms with Crippen LogP contribution in [0.25, 0.3) is 11.0 Å². The number of hydrogen-bond acceptors (Lipinski definition) is 3. The zero-order chi connectivity index (χ0) is 19.5. The molecule has 0 spiro atoms. The van der Waals surface area contributed by atoms with E-state index in [0.29, 0.717) is 6.54 Å². The Morgan fingerprint density at radius 1 is 1.04 bits per heavy atom. The molecule has 1 amide bonds. The van der Waals surface area contributed by atoms with Crippen molar-refractivity contribution in [2.24, 2.45) is 0 Å². The van der Waals surface area contributed by atoms with Crippen LogP contribution in [0.15, 0.2) is 59.4 Å². The van der Waals surface area contributed by atoms with E-state index >= 15 is 0 Å². The number of para-hydroxylation sites is 2. The lowest BCUT2D eigenvalue weighted by molar-refractivity contribution is -0.122. The molecule has 1 fully saturated rings. The molecule has 1 aliphatic rings. The predicted octanol–water partition coefficient (Wildman–Crippen LogP) is 2.21. The first kappa shape index (κ1) is 18.5. The number of likely N-dealkylation sites (tertiary alicyclic amines) is 1. The quantitative estimate of drug-likeness (QED) is 0.716. The SMILES string of the molecule is CCn1c(=O)n(CC(=O)NC2CCN(Cc3ccccc3)C2)c2ccccc21. The molecule has 4 rings (SSSR count).